The van der Waals surface area contributed by atoms with Gasteiger partial charge in [-0.1, -0.05) is 12.1 Å². The molecular weight excluding hydrogens is 217 g/mol. The van der Waals surface area contributed by atoms with Gasteiger partial charge in [-0.25, -0.2) is 4.39 Å². The number of halogens is 1. The molecule has 0 bridgehead atoms. The summed E-state index contributed by atoms with van der Waals surface area (Å²) in [5.74, 6) is 0.513. The number of carbonyl (C=O) groups excluding carboxylic acids is 1. The summed E-state index contributed by atoms with van der Waals surface area (Å²) in [4.78, 5) is 14.0. The van der Waals surface area contributed by atoms with Crippen LogP contribution in [-0.2, 0) is 0 Å². The molecule has 3 heteroatoms. The van der Waals surface area contributed by atoms with Crippen LogP contribution in [0.2, 0.25) is 0 Å². The Morgan fingerprint density at radius 2 is 2.24 bits per heavy atom. The zero-order valence-electron chi connectivity index (χ0n) is 10.2. The normalized spacial score (nSPS) is 15.2. The van der Waals surface area contributed by atoms with Crippen molar-refractivity contribution in [2.45, 2.75) is 19.3 Å². The highest BCUT2D eigenvalue weighted by Crippen LogP contribution is 2.29. The maximum Gasteiger partial charge on any atom is 0.164 e. The summed E-state index contributed by atoms with van der Waals surface area (Å²) in [6, 6.07) is 5.92. The highest BCUT2D eigenvalue weighted by molar-refractivity contribution is 5.96. The molecule has 2 rings (SSSR count). The van der Waals surface area contributed by atoms with Crippen molar-refractivity contribution in [2.24, 2.45) is 5.92 Å². The van der Waals surface area contributed by atoms with Crippen LogP contribution in [0.25, 0.3) is 0 Å². The van der Waals surface area contributed by atoms with E-state index in [1.165, 1.54) is 25.0 Å². The molecule has 0 spiro atoms. The lowest BCUT2D eigenvalue weighted by Crippen LogP contribution is -2.24. The van der Waals surface area contributed by atoms with E-state index >= 15 is 0 Å². The molecule has 0 heterocycles. The summed E-state index contributed by atoms with van der Waals surface area (Å²) >= 11 is 0. The highest BCUT2D eigenvalue weighted by Gasteiger charge is 2.22. The topological polar surface area (TPSA) is 20.3 Å². The van der Waals surface area contributed by atoms with Crippen molar-refractivity contribution in [2.75, 3.05) is 20.1 Å². The lowest BCUT2D eigenvalue weighted by Gasteiger charge is -2.15. The van der Waals surface area contributed by atoms with Crippen LogP contribution in [-0.4, -0.2) is 30.8 Å². The second-order valence-electron chi connectivity index (χ2n) is 4.89. The largest absolute Gasteiger partial charge is 0.306 e. The predicted octanol–water partition coefficient (Wildman–Crippen LogP) is 2.74. The average Bonchev–Trinajstić information content (AvgIpc) is 3.10. The first-order valence-corrected chi connectivity index (χ1v) is 6.12. The van der Waals surface area contributed by atoms with Crippen molar-refractivity contribution in [1.29, 1.82) is 0 Å². The van der Waals surface area contributed by atoms with Crippen LogP contribution < -0.4 is 0 Å². The SMILES string of the molecule is CN(CCC(=O)c1cccc(F)c1)CC1CC1. The zero-order valence-corrected chi connectivity index (χ0v) is 10.2. The van der Waals surface area contributed by atoms with Crippen LogP contribution in [0.15, 0.2) is 24.3 Å². The Morgan fingerprint density at radius 1 is 1.47 bits per heavy atom. The molecule has 1 aliphatic carbocycles. The number of nitrogens with zero attached hydrogens (tertiary/aromatic N) is 1. The molecule has 0 aliphatic heterocycles. The summed E-state index contributed by atoms with van der Waals surface area (Å²) in [7, 11) is 2.04. The van der Waals surface area contributed by atoms with Crippen molar-refractivity contribution >= 4 is 5.78 Å². The Balaban J connectivity index is 1.79. The minimum atomic E-state index is -0.345. The monoisotopic (exact) mass is 235 g/mol. The summed E-state index contributed by atoms with van der Waals surface area (Å²) in [6.45, 7) is 1.84. The van der Waals surface area contributed by atoms with E-state index in [9.17, 15) is 9.18 Å². The van der Waals surface area contributed by atoms with Gasteiger partial charge >= 0.3 is 0 Å². The maximum absolute atomic E-state index is 12.9. The second-order valence-corrected chi connectivity index (χ2v) is 4.89. The van der Waals surface area contributed by atoms with Gasteiger partial charge in [0.1, 0.15) is 5.82 Å². The van der Waals surface area contributed by atoms with E-state index in [4.69, 9.17) is 0 Å². The van der Waals surface area contributed by atoms with Crippen LogP contribution >= 0.6 is 0 Å². The Labute approximate surface area is 101 Å². The predicted molar refractivity (Wildman–Crippen MR) is 65.6 cm³/mol. The molecule has 1 aromatic carbocycles. The van der Waals surface area contributed by atoms with E-state index < -0.39 is 0 Å². The van der Waals surface area contributed by atoms with Gasteiger partial charge in [0.15, 0.2) is 5.78 Å². The molecule has 0 amide bonds. The summed E-state index contributed by atoms with van der Waals surface area (Å²) in [5, 5.41) is 0. The van der Waals surface area contributed by atoms with Gasteiger partial charge in [0.2, 0.25) is 0 Å². The van der Waals surface area contributed by atoms with Gasteiger partial charge in [-0.05, 0) is 37.9 Å². The quantitative estimate of drug-likeness (QED) is 0.707. The Hall–Kier alpha value is -1.22. The van der Waals surface area contributed by atoms with E-state index in [0.29, 0.717) is 12.0 Å². The number of rotatable bonds is 6. The van der Waals surface area contributed by atoms with Gasteiger partial charge in [0.25, 0.3) is 0 Å². The van der Waals surface area contributed by atoms with Gasteiger partial charge < -0.3 is 4.90 Å². The van der Waals surface area contributed by atoms with Crippen LogP contribution in [0.4, 0.5) is 4.39 Å². The molecule has 2 nitrogen and oxygen atoms in total. The van der Waals surface area contributed by atoms with Crippen molar-refractivity contribution in [3.8, 4) is 0 Å². The number of hydrogen-bond acceptors (Lipinski definition) is 2. The third kappa shape index (κ3) is 3.93. The number of ketones is 1. The summed E-state index contributed by atoms with van der Waals surface area (Å²) in [5.41, 5.74) is 0.477. The van der Waals surface area contributed by atoms with Crippen molar-refractivity contribution < 1.29 is 9.18 Å². The first-order valence-electron chi connectivity index (χ1n) is 6.12. The smallest absolute Gasteiger partial charge is 0.164 e. The Morgan fingerprint density at radius 3 is 2.88 bits per heavy atom. The van der Waals surface area contributed by atoms with Gasteiger partial charge in [-0.15, -0.1) is 0 Å². The molecule has 1 saturated carbocycles. The number of benzene rings is 1. The lowest BCUT2D eigenvalue weighted by atomic mass is 10.1. The third-order valence-electron chi connectivity index (χ3n) is 3.13. The molecule has 0 N–H and O–H groups in total. The molecular formula is C14H18FNO. The minimum Gasteiger partial charge on any atom is -0.306 e. The van der Waals surface area contributed by atoms with Crippen LogP contribution in [0.3, 0.4) is 0 Å². The Bertz CT molecular complexity index is 401. The van der Waals surface area contributed by atoms with Crippen molar-refractivity contribution in [3.05, 3.63) is 35.6 Å². The fourth-order valence-electron chi connectivity index (χ4n) is 1.93. The second kappa shape index (κ2) is 5.41. The van der Waals surface area contributed by atoms with E-state index in [2.05, 4.69) is 4.90 Å². The van der Waals surface area contributed by atoms with Gasteiger partial charge in [-0.3, -0.25) is 4.79 Å². The van der Waals surface area contributed by atoms with Crippen LogP contribution in [0.5, 0.6) is 0 Å². The van der Waals surface area contributed by atoms with Crippen molar-refractivity contribution in [3.63, 3.8) is 0 Å². The number of hydrogen-bond donors (Lipinski definition) is 0. The molecule has 1 fully saturated rings. The molecule has 1 aromatic rings. The molecule has 0 atom stereocenters. The van der Waals surface area contributed by atoms with Gasteiger partial charge in [-0.2, -0.15) is 0 Å². The number of carbonyl (C=O) groups is 1. The molecule has 0 saturated heterocycles. The first kappa shape index (κ1) is 12.2. The van der Waals surface area contributed by atoms with Crippen LogP contribution in [0.1, 0.15) is 29.6 Å². The average molecular weight is 235 g/mol. The zero-order chi connectivity index (χ0) is 12.3. The van der Waals surface area contributed by atoms with Crippen LogP contribution in [0, 0.1) is 11.7 Å². The standard InChI is InChI=1S/C14H18FNO/c1-16(10-11-5-6-11)8-7-14(17)12-3-2-4-13(15)9-12/h2-4,9,11H,5-8,10H2,1H3. The summed E-state index contributed by atoms with van der Waals surface area (Å²) < 4.78 is 12.9. The maximum atomic E-state index is 12.9. The van der Waals surface area contributed by atoms with E-state index in [0.717, 1.165) is 19.0 Å². The van der Waals surface area contributed by atoms with E-state index in [-0.39, 0.29) is 11.6 Å². The number of Topliss-reactive ketones (excluding diaryl/α,β-unsaturated/α-hetero) is 1. The fourth-order valence-corrected chi connectivity index (χ4v) is 1.93. The first-order chi connectivity index (χ1) is 8.15. The van der Waals surface area contributed by atoms with E-state index in [1.54, 1.807) is 12.1 Å². The Kier molecular flexibility index (Phi) is 3.89. The van der Waals surface area contributed by atoms with E-state index in [1.807, 2.05) is 7.05 Å². The third-order valence-corrected chi connectivity index (χ3v) is 3.13. The minimum absolute atomic E-state index is 0.0205. The molecule has 92 valence electrons. The molecule has 0 aromatic heterocycles. The highest BCUT2D eigenvalue weighted by atomic mass is 19.1. The molecule has 0 radical (unpaired) electrons. The van der Waals surface area contributed by atoms with Gasteiger partial charge in [0.05, 0.1) is 0 Å². The lowest BCUT2D eigenvalue weighted by molar-refractivity contribution is 0.0968. The van der Waals surface area contributed by atoms with Crippen molar-refractivity contribution in [1.82, 2.24) is 4.90 Å². The molecule has 17 heavy (non-hydrogen) atoms. The molecule has 1 aliphatic rings. The van der Waals surface area contributed by atoms with Gasteiger partial charge in [0, 0.05) is 25.1 Å². The fraction of sp³-hybridized carbons (Fsp3) is 0.500. The molecule has 0 unspecified atom stereocenters. The summed E-state index contributed by atoms with van der Waals surface area (Å²) in [6.07, 6.45) is 3.11.